The van der Waals surface area contributed by atoms with Gasteiger partial charge < -0.3 is 15.0 Å². The smallest absolute Gasteiger partial charge is 0.264 e. The van der Waals surface area contributed by atoms with Crippen LogP contribution in [0.25, 0.3) is 0 Å². The molecule has 3 aromatic carbocycles. The number of anilines is 1. The average molecular weight is 603 g/mol. The Bertz CT molecular complexity index is 1360. The van der Waals surface area contributed by atoms with Gasteiger partial charge in [-0.1, -0.05) is 45.8 Å². The molecule has 2 amide bonds. The number of ether oxygens (including phenoxy) is 1. The van der Waals surface area contributed by atoms with Crippen LogP contribution in [0.5, 0.6) is 5.75 Å². The third-order valence-electron chi connectivity index (χ3n) is 6.01. The van der Waals surface area contributed by atoms with Crippen LogP contribution in [0, 0.1) is 6.92 Å². The zero-order chi connectivity index (χ0) is 27.9. The van der Waals surface area contributed by atoms with Crippen LogP contribution in [0.3, 0.4) is 0 Å². The number of rotatable bonds is 11. The van der Waals surface area contributed by atoms with Gasteiger partial charge in [0.15, 0.2) is 0 Å². The first kappa shape index (κ1) is 29.2. The van der Waals surface area contributed by atoms with E-state index in [4.69, 9.17) is 4.74 Å². The molecule has 0 heterocycles. The molecule has 0 saturated carbocycles. The molecule has 0 aliphatic carbocycles. The second-order valence-electron chi connectivity index (χ2n) is 8.74. The van der Waals surface area contributed by atoms with E-state index in [2.05, 4.69) is 21.2 Å². The first-order chi connectivity index (χ1) is 18.1. The molecular formula is C28H32BrN3O5S. The maximum absolute atomic E-state index is 13.8. The lowest BCUT2D eigenvalue weighted by Crippen LogP contribution is -2.51. The molecule has 38 heavy (non-hydrogen) atoms. The van der Waals surface area contributed by atoms with Gasteiger partial charge in [0.05, 0.1) is 17.7 Å². The number of aryl methyl sites for hydroxylation is 1. The third-order valence-corrected chi connectivity index (χ3v) is 8.29. The van der Waals surface area contributed by atoms with Crippen molar-refractivity contribution in [1.82, 2.24) is 10.2 Å². The van der Waals surface area contributed by atoms with E-state index >= 15 is 0 Å². The van der Waals surface area contributed by atoms with E-state index in [0.717, 1.165) is 19.9 Å². The van der Waals surface area contributed by atoms with E-state index in [-0.39, 0.29) is 17.3 Å². The van der Waals surface area contributed by atoms with E-state index in [0.29, 0.717) is 18.0 Å². The summed E-state index contributed by atoms with van der Waals surface area (Å²) in [6, 6.07) is 19.5. The Morgan fingerprint density at radius 3 is 2.26 bits per heavy atom. The maximum Gasteiger partial charge on any atom is 0.264 e. The summed E-state index contributed by atoms with van der Waals surface area (Å²) in [5.74, 6) is -0.294. The lowest BCUT2D eigenvalue weighted by Gasteiger charge is -2.32. The number of carbonyl (C=O) groups excluding carboxylic acids is 2. The molecule has 1 unspecified atom stereocenters. The number of nitrogens with zero attached hydrogens (tertiary/aromatic N) is 2. The van der Waals surface area contributed by atoms with Crippen molar-refractivity contribution < 1.29 is 22.7 Å². The zero-order valence-corrected chi connectivity index (χ0v) is 24.3. The number of benzene rings is 3. The molecule has 8 nitrogen and oxygen atoms in total. The summed E-state index contributed by atoms with van der Waals surface area (Å²) >= 11 is 3.44. The first-order valence-electron chi connectivity index (χ1n) is 12.1. The zero-order valence-electron chi connectivity index (χ0n) is 21.8. The molecule has 1 atom stereocenters. The third kappa shape index (κ3) is 7.14. The second-order valence-corrected chi connectivity index (χ2v) is 11.5. The molecule has 3 rings (SSSR count). The van der Waals surface area contributed by atoms with Crippen LogP contribution in [0.2, 0.25) is 0 Å². The van der Waals surface area contributed by atoms with E-state index in [1.54, 1.807) is 50.2 Å². The summed E-state index contributed by atoms with van der Waals surface area (Å²) in [6.07, 6.45) is 0. The first-order valence-corrected chi connectivity index (χ1v) is 14.3. The van der Waals surface area contributed by atoms with E-state index in [1.165, 1.54) is 24.1 Å². The molecule has 0 spiro atoms. The predicted octanol–water partition coefficient (Wildman–Crippen LogP) is 4.51. The maximum atomic E-state index is 13.8. The van der Waals surface area contributed by atoms with Crippen LogP contribution in [0.1, 0.15) is 25.0 Å². The molecule has 3 aromatic rings. The lowest BCUT2D eigenvalue weighted by atomic mass is 10.1. The predicted molar refractivity (Wildman–Crippen MR) is 152 cm³/mol. The Hall–Kier alpha value is -3.37. The molecule has 0 saturated heterocycles. The quantitative estimate of drug-likeness (QED) is 0.349. The highest BCUT2D eigenvalue weighted by Crippen LogP contribution is 2.27. The summed E-state index contributed by atoms with van der Waals surface area (Å²) in [4.78, 5) is 28.0. The minimum absolute atomic E-state index is 0.0574. The van der Waals surface area contributed by atoms with Crippen molar-refractivity contribution in [3.8, 4) is 5.75 Å². The number of carbonyl (C=O) groups is 2. The number of sulfonamides is 1. The van der Waals surface area contributed by atoms with Crippen molar-refractivity contribution in [2.75, 3.05) is 24.5 Å². The van der Waals surface area contributed by atoms with Gasteiger partial charge in [0, 0.05) is 17.6 Å². The van der Waals surface area contributed by atoms with Crippen molar-refractivity contribution in [3.05, 3.63) is 88.4 Å². The molecule has 0 radical (unpaired) electrons. The molecule has 1 N–H and O–H groups in total. The molecule has 0 bridgehead atoms. The van der Waals surface area contributed by atoms with Gasteiger partial charge in [-0.3, -0.25) is 13.9 Å². The molecule has 0 fully saturated rings. The van der Waals surface area contributed by atoms with Gasteiger partial charge in [0.2, 0.25) is 11.8 Å². The molecule has 10 heteroatoms. The Kier molecular flexibility index (Phi) is 9.93. The minimum atomic E-state index is -4.12. The number of methoxy groups -OCH3 is 1. The van der Waals surface area contributed by atoms with E-state index in [9.17, 15) is 18.0 Å². The van der Waals surface area contributed by atoms with Crippen LogP contribution >= 0.6 is 15.9 Å². The fraction of sp³-hybridized carbons (Fsp3) is 0.286. The molecular weight excluding hydrogens is 570 g/mol. The number of hydrogen-bond donors (Lipinski definition) is 1. The number of hydrogen-bond acceptors (Lipinski definition) is 5. The fourth-order valence-electron chi connectivity index (χ4n) is 3.85. The monoisotopic (exact) mass is 601 g/mol. The van der Waals surface area contributed by atoms with Crippen molar-refractivity contribution in [2.24, 2.45) is 0 Å². The number of nitrogens with one attached hydrogen (secondary N) is 1. The Morgan fingerprint density at radius 1 is 1.03 bits per heavy atom. The molecule has 0 aliphatic heterocycles. The summed E-state index contributed by atoms with van der Waals surface area (Å²) in [6.45, 7) is 5.32. The topological polar surface area (TPSA) is 96.0 Å². The lowest BCUT2D eigenvalue weighted by molar-refractivity contribution is -0.139. The van der Waals surface area contributed by atoms with Gasteiger partial charge in [0.25, 0.3) is 10.0 Å². The molecule has 0 aliphatic rings. The summed E-state index contributed by atoms with van der Waals surface area (Å²) in [7, 11) is -2.60. The summed E-state index contributed by atoms with van der Waals surface area (Å²) < 4.78 is 34.7. The van der Waals surface area contributed by atoms with Gasteiger partial charge in [0.1, 0.15) is 18.3 Å². The highest BCUT2D eigenvalue weighted by Gasteiger charge is 2.32. The Balaban J connectivity index is 2.03. The van der Waals surface area contributed by atoms with Gasteiger partial charge in [-0.05, 0) is 74.9 Å². The van der Waals surface area contributed by atoms with Crippen LogP contribution < -0.4 is 14.4 Å². The normalized spacial score (nSPS) is 11.9. The van der Waals surface area contributed by atoms with Crippen LogP contribution in [-0.4, -0.2) is 51.4 Å². The van der Waals surface area contributed by atoms with E-state index < -0.39 is 28.5 Å². The second kappa shape index (κ2) is 12.9. The standard InChI is InChI=1S/C28H32BrN3O5S/c1-5-30-28(34)21(3)31(18-22-7-6-8-23(29)17-22)27(33)19-32(24-11-13-25(37-4)14-12-24)38(35,36)26-15-9-20(2)10-16-26/h6-17,21H,5,18-19H2,1-4H3,(H,30,34). The van der Waals surface area contributed by atoms with Crippen LogP contribution in [0.15, 0.2) is 82.2 Å². The number of amides is 2. The molecule has 0 aromatic heterocycles. The Morgan fingerprint density at radius 2 is 1.68 bits per heavy atom. The summed E-state index contributed by atoms with van der Waals surface area (Å²) in [5, 5.41) is 2.75. The van der Waals surface area contributed by atoms with Crippen molar-refractivity contribution in [2.45, 2.75) is 38.3 Å². The molecule has 202 valence electrons. The van der Waals surface area contributed by atoms with Gasteiger partial charge >= 0.3 is 0 Å². The van der Waals surface area contributed by atoms with Gasteiger partial charge in [-0.25, -0.2) is 8.42 Å². The Labute approximate surface area is 232 Å². The average Bonchev–Trinajstić information content (AvgIpc) is 2.90. The van der Waals surface area contributed by atoms with Crippen LogP contribution in [-0.2, 0) is 26.2 Å². The van der Waals surface area contributed by atoms with Crippen molar-refractivity contribution in [3.63, 3.8) is 0 Å². The highest BCUT2D eigenvalue weighted by atomic mass is 79.9. The van der Waals surface area contributed by atoms with Gasteiger partial charge in [-0.2, -0.15) is 0 Å². The van der Waals surface area contributed by atoms with Crippen molar-refractivity contribution in [1.29, 1.82) is 0 Å². The van der Waals surface area contributed by atoms with E-state index in [1.807, 2.05) is 31.2 Å². The van der Waals surface area contributed by atoms with Crippen LogP contribution in [0.4, 0.5) is 5.69 Å². The van der Waals surface area contributed by atoms with Gasteiger partial charge in [-0.15, -0.1) is 0 Å². The SMILES string of the molecule is CCNC(=O)C(C)N(Cc1cccc(Br)c1)C(=O)CN(c1ccc(OC)cc1)S(=O)(=O)c1ccc(C)cc1. The number of likely N-dealkylation sites (N-methyl/N-ethyl adjacent to an activating group) is 1. The minimum Gasteiger partial charge on any atom is -0.497 e. The fourth-order valence-corrected chi connectivity index (χ4v) is 5.71. The summed E-state index contributed by atoms with van der Waals surface area (Å²) in [5.41, 5.74) is 2.00. The van der Waals surface area contributed by atoms with Crippen molar-refractivity contribution >= 4 is 43.5 Å². The number of halogens is 1. The largest absolute Gasteiger partial charge is 0.497 e. The highest BCUT2D eigenvalue weighted by molar-refractivity contribution is 9.10.